The average Bonchev–Trinajstić information content (AvgIpc) is 3.37. The van der Waals surface area contributed by atoms with E-state index in [9.17, 15) is 9.59 Å². The minimum Gasteiger partial charge on any atom is -0.463 e. The fraction of sp³-hybridized carbons (Fsp3) is 0.208. The van der Waals surface area contributed by atoms with Gasteiger partial charge in [-0.3, -0.25) is 9.36 Å². The topological polar surface area (TPSA) is 79.1 Å². The summed E-state index contributed by atoms with van der Waals surface area (Å²) in [5.41, 5.74) is 2.27. The Hall–Kier alpha value is -3.17. The molecule has 0 fully saturated rings. The van der Waals surface area contributed by atoms with Gasteiger partial charge in [0.25, 0.3) is 5.56 Å². The van der Waals surface area contributed by atoms with Crippen LogP contribution in [0, 0.1) is 0 Å². The van der Waals surface area contributed by atoms with Crippen LogP contribution in [0.25, 0.3) is 6.08 Å². The summed E-state index contributed by atoms with van der Waals surface area (Å²) in [5, 5.41) is 0. The summed E-state index contributed by atoms with van der Waals surface area (Å²) in [6.45, 7) is 3.93. The Labute approximate surface area is 201 Å². The van der Waals surface area contributed by atoms with E-state index in [1.54, 1.807) is 24.5 Å². The summed E-state index contributed by atoms with van der Waals surface area (Å²) in [7, 11) is 0. The standard InChI is InChI=1S/C24H19BrN2O5S/c1-3-30-23(29)20-13(2)26-24-27(21(20)14-7-5-4-6-8-14)22(28)19(33-24)10-15-9-17-18(11-16(15)25)32-12-31-17/h4-11,21H,3,12H2,1-2H3/b19-10-/t21-/m1/s1. The lowest BCUT2D eigenvalue weighted by atomic mass is 9.96. The van der Waals surface area contributed by atoms with Crippen LogP contribution in [0.3, 0.4) is 0 Å². The molecule has 0 amide bonds. The van der Waals surface area contributed by atoms with Crippen molar-refractivity contribution >= 4 is 39.3 Å². The van der Waals surface area contributed by atoms with Crippen LogP contribution in [0.15, 0.2) is 68.0 Å². The Morgan fingerprint density at radius 1 is 1.27 bits per heavy atom. The van der Waals surface area contributed by atoms with Crippen molar-refractivity contribution in [3.63, 3.8) is 0 Å². The number of nitrogens with zero attached hydrogens (tertiary/aromatic N) is 2. The van der Waals surface area contributed by atoms with Gasteiger partial charge in [0, 0.05) is 4.47 Å². The van der Waals surface area contributed by atoms with Crippen LogP contribution in [0.1, 0.15) is 31.0 Å². The first kappa shape index (κ1) is 21.7. The highest BCUT2D eigenvalue weighted by Gasteiger charge is 2.33. The molecule has 3 heterocycles. The molecule has 7 nitrogen and oxygen atoms in total. The van der Waals surface area contributed by atoms with Crippen molar-refractivity contribution < 1.29 is 19.0 Å². The number of benzene rings is 2. The zero-order valence-electron chi connectivity index (χ0n) is 17.8. The number of esters is 1. The monoisotopic (exact) mass is 526 g/mol. The second-order valence-corrected chi connectivity index (χ2v) is 9.30. The lowest BCUT2D eigenvalue weighted by molar-refractivity contribution is -0.139. The normalized spacial score (nSPS) is 17.1. The molecule has 2 aliphatic heterocycles. The molecule has 168 valence electrons. The summed E-state index contributed by atoms with van der Waals surface area (Å²) < 4.78 is 19.0. The quantitative estimate of drug-likeness (QED) is 0.487. The number of rotatable bonds is 4. The van der Waals surface area contributed by atoms with Gasteiger partial charge in [-0.25, -0.2) is 9.79 Å². The van der Waals surface area contributed by atoms with E-state index in [-0.39, 0.29) is 19.0 Å². The highest BCUT2D eigenvalue weighted by atomic mass is 79.9. The van der Waals surface area contributed by atoms with Crippen molar-refractivity contribution in [2.24, 2.45) is 4.99 Å². The van der Waals surface area contributed by atoms with Crippen LogP contribution in [-0.2, 0) is 9.53 Å². The van der Waals surface area contributed by atoms with Crippen LogP contribution >= 0.6 is 27.3 Å². The van der Waals surface area contributed by atoms with Crippen molar-refractivity contribution in [2.45, 2.75) is 19.9 Å². The van der Waals surface area contributed by atoms with Gasteiger partial charge in [0.2, 0.25) is 6.79 Å². The second kappa shape index (κ2) is 8.64. The van der Waals surface area contributed by atoms with Crippen LogP contribution in [-0.4, -0.2) is 23.9 Å². The minimum absolute atomic E-state index is 0.167. The smallest absolute Gasteiger partial charge is 0.338 e. The molecule has 1 atom stereocenters. The van der Waals surface area contributed by atoms with E-state index in [0.29, 0.717) is 32.1 Å². The molecular formula is C24H19BrN2O5S. The molecule has 0 unspecified atom stereocenters. The maximum Gasteiger partial charge on any atom is 0.338 e. The predicted molar refractivity (Wildman–Crippen MR) is 127 cm³/mol. The number of hydrogen-bond acceptors (Lipinski definition) is 7. The zero-order valence-corrected chi connectivity index (χ0v) is 20.2. The Morgan fingerprint density at radius 2 is 2.00 bits per heavy atom. The predicted octanol–water partition coefficient (Wildman–Crippen LogP) is 3.29. The minimum atomic E-state index is -0.621. The fourth-order valence-corrected chi connectivity index (χ4v) is 5.40. The van der Waals surface area contributed by atoms with Crippen molar-refractivity contribution in [2.75, 3.05) is 13.4 Å². The van der Waals surface area contributed by atoms with Gasteiger partial charge in [-0.05, 0) is 43.2 Å². The number of hydrogen-bond donors (Lipinski definition) is 0. The molecule has 0 spiro atoms. The third-order valence-corrected chi connectivity index (χ3v) is 7.08. The number of thiazole rings is 1. The van der Waals surface area contributed by atoms with E-state index in [1.165, 1.54) is 11.3 Å². The van der Waals surface area contributed by atoms with Gasteiger partial charge < -0.3 is 14.2 Å². The summed E-state index contributed by atoms with van der Waals surface area (Å²) in [4.78, 5) is 31.6. The van der Waals surface area contributed by atoms with E-state index in [0.717, 1.165) is 15.6 Å². The number of fused-ring (bicyclic) bond motifs is 2. The van der Waals surface area contributed by atoms with Gasteiger partial charge in [-0.1, -0.05) is 57.6 Å². The highest BCUT2D eigenvalue weighted by molar-refractivity contribution is 9.10. The summed E-state index contributed by atoms with van der Waals surface area (Å²) >= 11 is 4.82. The van der Waals surface area contributed by atoms with Gasteiger partial charge in [0.1, 0.15) is 0 Å². The zero-order chi connectivity index (χ0) is 23.1. The van der Waals surface area contributed by atoms with E-state index >= 15 is 0 Å². The SMILES string of the molecule is CCOC(=O)C1=C(C)N=c2s/c(=C\c3cc4c(cc3Br)OCO4)c(=O)n2[C@@H]1c1ccccc1. The average molecular weight is 527 g/mol. The molecular weight excluding hydrogens is 508 g/mol. The van der Waals surface area contributed by atoms with Crippen LogP contribution in [0.2, 0.25) is 0 Å². The molecule has 0 saturated carbocycles. The van der Waals surface area contributed by atoms with E-state index in [4.69, 9.17) is 14.2 Å². The molecule has 1 aromatic heterocycles. The maximum atomic E-state index is 13.6. The lowest BCUT2D eigenvalue weighted by Gasteiger charge is -2.24. The molecule has 2 aliphatic rings. The summed E-state index contributed by atoms with van der Waals surface area (Å²) in [6.07, 6.45) is 1.79. The van der Waals surface area contributed by atoms with Gasteiger partial charge in [0.15, 0.2) is 16.3 Å². The van der Waals surface area contributed by atoms with Gasteiger partial charge in [0.05, 0.1) is 28.5 Å². The van der Waals surface area contributed by atoms with Gasteiger partial charge in [-0.2, -0.15) is 0 Å². The molecule has 0 bridgehead atoms. The lowest BCUT2D eigenvalue weighted by Crippen LogP contribution is -2.39. The van der Waals surface area contributed by atoms with Crippen molar-refractivity contribution in [3.8, 4) is 11.5 Å². The molecule has 33 heavy (non-hydrogen) atoms. The number of halogens is 1. The van der Waals surface area contributed by atoms with E-state index in [1.807, 2.05) is 42.5 Å². The number of carbonyl (C=O) groups excluding carboxylic acids is 1. The fourth-order valence-electron chi connectivity index (χ4n) is 3.93. The van der Waals surface area contributed by atoms with Crippen molar-refractivity contribution in [1.29, 1.82) is 0 Å². The first-order valence-corrected chi connectivity index (χ1v) is 11.9. The Kier molecular flexibility index (Phi) is 5.67. The molecule has 3 aromatic rings. The molecule has 0 radical (unpaired) electrons. The van der Waals surface area contributed by atoms with Crippen molar-refractivity contribution in [1.82, 2.24) is 4.57 Å². The Balaban J connectivity index is 1.71. The maximum absolute atomic E-state index is 13.6. The Morgan fingerprint density at radius 3 is 2.73 bits per heavy atom. The van der Waals surface area contributed by atoms with Crippen LogP contribution in [0.4, 0.5) is 0 Å². The van der Waals surface area contributed by atoms with E-state index in [2.05, 4.69) is 20.9 Å². The van der Waals surface area contributed by atoms with Gasteiger partial charge in [-0.15, -0.1) is 0 Å². The first-order valence-electron chi connectivity index (χ1n) is 10.3. The third-order valence-electron chi connectivity index (χ3n) is 5.41. The summed E-state index contributed by atoms with van der Waals surface area (Å²) in [5.74, 6) is 0.805. The van der Waals surface area contributed by atoms with Crippen LogP contribution < -0.4 is 24.4 Å². The third kappa shape index (κ3) is 3.81. The van der Waals surface area contributed by atoms with Gasteiger partial charge >= 0.3 is 5.97 Å². The van der Waals surface area contributed by atoms with Crippen LogP contribution in [0.5, 0.6) is 11.5 Å². The number of aromatic nitrogens is 1. The molecule has 2 aromatic carbocycles. The number of allylic oxidation sites excluding steroid dienone is 1. The number of ether oxygens (including phenoxy) is 3. The first-order chi connectivity index (χ1) is 16.0. The second-order valence-electron chi connectivity index (χ2n) is 7.44. The Bertz CT molecular complexity index is 1470. The highest BCUT2D eigenvalue weighted by Crippen LogP contribution is 2.37. The summed E-state index contributed by atoms with van der Waals surface area (Å²) in [6, 6.07) is 12.5. The largest absolute Gasteiger partial charge is 0.463 e. The van der Waals surface area contributed by atoms with E-state index < -0.39 is 12.0 Å². The molecule has 0 N–H and O–H groups in total. The number of carbonyl (C=O) groups is 1. The van der Waals surface area contributed by atoms with Crippen molar-refractivity contribution in [3.05, 3.63) is 89.0 Å². The molecule has 0 saturated heterocycles. The molecule has 9 heteroatoms. The molecule has 0 aliphatic carbocycles. The molecule has 5 rings (SSSR count).